The van der Waals surface area contributed by atoms with E-state index in [2.05, 4.69) is 5.32 Å². The molecule has 4 N–H and O–H groups in total. The number of fused-ring (bicyclic) bond motifs is 1. The summed E-state index contributed by atoms with van der Waals surface area (Å²) >= 11 is 0. The molecule has 1 aliphatic rings. The number of carbonyl (C=O) groups is 2. The Balaban J connectivity index is 1.57. The Morgan fingerprint density at radius 2 is 1.96 bits per heavy atom. The number of benzene rings is 2. The fourth-order valence-corrected chi connectivity index (χ4v) is 2.10. The number of ether oxygens (including phenoxy) is 3. The summed E-state index contributed by atoms with van der Waals surface area (Å²) in [5.74, 6) is -0.331. The van der Waals surface area contributed by atoms with Gasteiger partial charge in [-0.05, 0) is 30.3 Å². The van der Waals surface area contributed by atoms with Gasteiger partial charge in [0.05, 0.1) is 5.56 Å². The fraction of sp³-hybridized carbons (Fsp3) is 0.125. The number of hydrogen-bond acceptors (Lipinski definition) is 7. The molecule has 0 saturated heterocycles. The van der Waals surface area contributed by atoms with Gasteiger partial charge in [-0.15, -0.1) is 0 Å². The number of esters is 1. The van der Waals surface area contributed by atoms with E-state index >= 15 is 0 Å². The van der Waals surface area contributed by atoms with Gasteiger partial charge < -0.3 is 30.4 Å². The third-order valence-electron chi connectivity index (χ3n) is 3.25. The second-order valence-electron chi connectivity index (χ2n) is 4.96. The molecule has 1 aliphatic heterocycles. The Labute approximate surface area is 136 Å². The van der Waals surface area contributed by atoms with Crippen molar-refractivity contribution in [1.82, 2.24) is 0 Å². The van der Waals surface area contributed by atoms with Gasteiger partial charge in [-0.25, -0.2) is 4.79 Å². The molecule has 0 unspecified atom stereocenters. The predicted molar refractivity (Wildman–Crippen MR) is 84.0 cm³/mol. The van der Waals surface area contributed by atoms with Gasteiger partial charge in [0.1, 0.15) is 5.75 Å². The van der Waals surface area contributed by atoms with E-state index in [4.69, 9.17) is 19.9 Å². The lowest BCUT2D eigenvalue weighted by Gasteiger charge is -2.08. The highest BCUT2D eigenvalue weighted by molar-refractivity contribution is 5.98. The number of anilines is 2. The van der Waals surface area contributed by atoms with Crippen molar-refractivity contribution in [1.29, 1.82) is 0 Å². The minimum absolute atomic E-state index is 0.00844. The molecule has 1 amide bonds. The Hall–Kier alpha value is -3.42. The maximum absolute atomic E-state index is 11.9. The largest absolute Gasteiger partial charge is 0.508 e. The van der Waals surface area contributed by atoms with E-state index in [0.29, 0.717) is 17.2 Å². The number of nitrogen functional groups attached to an aromatic ring is 1. The molecule has 24 heavy (non-hydrogen) atoms. The lowest BCUT2D eigenvalue weighted by molar-refractivity contribution is -0.119. The van der Waals surface area contributed by atoms with Gasteiger partial charge in [-0.2, -0.15) is 0 Å². The Bertz CT molecular complexity index is 805. The molecule has 3 rings (SSSR count). The summed E-state index contributed by atoms with van der Waals surface area (Å²) in [6.07, 6.45) is 0. The predicted octanol–water partition coefficient (Wildman–Crippen LogP) is 1.50. The minimum atomic E-state index is -0.802. The first-order valence-corrected chi connectivity index (χ1v) is 6.98. The molecule has 8 heteroatoms. The zero-order valence-corrected chi connectivity index (χ0v) is 12.4. The molecule has 0 spiro atoms. The van der Waals surface area contributed by atoms with Crippen LogP contribution < -0.4 is 20.5 Å². The van der Waals surface area contributed by atoms with Crippen molar-refractivity contribution in [3.05, 3.63) is 42.0 Å². The number of phenolic OH excluding ortho intramolecular Hbond substituents is 1. The second kappa shape index (κ2) is 6.37. The van der Waals surface area contributed by atoms with Crippen molar-refractivity contribution >= 4 is 23.3 Å². The van der Waals surface area contributed by atoms with Crippen molar-refractivity contribution in [3.8, 4) is 17.2 Å². The molecular formula is C16H14N2O6. The van der Waals surface area contributed by atoms with E-state index in [0.717, 1.165) is 0 Å². The minimum Gasteiger partial charge on any atom is -0.508 e. The third kappa shape index (κ3) is 3.32. The molecular weight excluding hydrogens is 316 g/mol. The molecule has 0 aliphatic carbocycles. The van der Waals surface area contributed by atoms with E-state index in [1.165, 1.54) is 18.2 Å². The maximum Gasteiger partial charge on any atom is 0.340 e. The molecule has 0 fully saturated rings. The van der Waals surface area contributed by atoms with Crippen LogP contribution in [0.5, 0.6) is 17.2 Å². The summed E-state index contributed by atoms with van der Waals surface area (Å²) in [5, 5.41) is 11.9. The highest BCUT2D eigenvalue weighted by Gasteiger charge is 2.16. The zero-order valence-electron chi connectivity index (χ0n) is 12.4. The van der Waals surface area contributed by atoms with Crippen LogP contribution in [0.2, 0.25) is 0 Å². The van der Waals surface area contributed by atoms with Crippen LogP contribution in [0.1, 0.15) is 10.4 Å². The quantitative estimate of drug-likeness (QED) is 0.441. The van der Waals surface area contributed by atoms with E-state index in [-0.39, 0.29) is 23.8 Å². The van der Waals surface area contributed by atoms with Gasteiger partial charge in [-0.1, -0.05) is 0 Å². The van der Waals surface area contributed by atoms with Gasteiger partial charge in [-0.3, -0.25) is 4.79 Å². The molecule has 8 nitrogen and oxygen atoms in total. The smallest absolute Gasteiger partial charge is 0.340 e. The number of amides is 1. The van der Waals surface area contributed by atoms with Crippen molar-refractivity contribution in [2.75, 3.05) is 24.5 Å². The number of rotatable bonds is 4. The molecule has 0 bridgehead atoms. The lowest BCUT2D eigenvalue weighted by atomic mass is 10.2. The summed E-state index contributed by atoms with van der Waals surface area (Å²) in [6.45, 7) is -0.363. The van der Waals surface area contributed by atoms with E-state index in [9.17, 15) is 14.7 Å². The molecule has 2 aromatic rings. The number of nitrogens with two attached hydrogens (primary N) is 1. The SMILES string of the molecule is Nc1ccc(O)cc1C(=O)OCC(=O)Nc1ccc2c(c1)OCO2. The van der Waals surface area contributed by atoms with Crippen LogP contribution in [0.25, 0.3) is 0 Å². The van der Waals surface area contributed by atoms with Crippen molar-refractivity contribution in [3.63, 3.8) is 0 Å². The molecule has 0 atom stereocenters. The van der Waals surface area contributed by atoms with Gasteiger partial charge in [0.15, 0.2) is 18.1 Å². The molecule has 0 aromatic heterocycles. The number of carbonyl (C=O) groups excluding carboxylic acids is 2. The summed E-state index contributed by atoms with van der Waals surface area (Å²) in [5.41, 5.74) is 6.26. The topological polar surface area (TPSA) is 120 Å². The maximum atomic E-state index is 11.9. The summed E-state index contributed by atoms with van der Waals surface area (Å²) in [4.78, 5) is 23.8. The first kappa shape index (κ1) is 15.5. The first-order chi connectivity index (χ1) is 11.5. The molecule has 0 saturated carbocycles. The second-order valence-corrected chi connectivity index (χ2v) is 4.96. The Kier molecular flexibility index (Phi) is 4.11. The van der Waals surface area contributed by atoms with Crippen LogP contribution in [0.4, 0.5) is 11.4 Å². The number of aromatic hydroxyl groups is 1. The van der Waals surface area contributed by atoms with Crippen molar-refractivity contribution in [2.45, 2.75) is 0 Å². The van der Waals surface area contributed by atoms with Gasteiger partial charge >= 0.3 is 5.97 Å². The molecule has 124 valence electrons. The first-order valence-electron chi connectivity index (χ1n) is 6.98. The van der Waals surface area contributed by atoms with Gasteiger partial charge in [0, 0.05) is 17.4 Å². The van der Waals surface area contributed by atoms with Crippen molar-refractivity contribution < 1.29 is 28.9 Å². The summed E-state index contributed by atoms with van der Waals surface area (Å²) in [6, 6.07) is 8.80. The van der Waals surface area contributed by atoms with Gasteiger partial charge in [0.25, 0.3) is 5.91 Å². The summed E-state index contributed by atoms with van der Waals surface area (Å²) in [7, 11) is 0. The van der Waals surface area contributed by atoms with Crippen LogP contribution >= 0.6 is 0 Å². The van der Waals surface area contributed by atoms with Crippen LogP contribution in [-0.4, -0.2) is 30.4 Å². The lowest BCUT2D eigenvalue weighted by Crippen LogP contribution is -2.21. The monoisotopic (exact) mass is 330 g/mol. The third-order valence-corrected chi connectivity index (χ3v) is 3.25. The Morgan fingerprint density at radius 1 is 1.17 bits per heavy atom. The number of nitrogens with one attached hydrogen (secondary N) is 1. The Morgan fingerprint density at radius 3 is 2.79 bits per heavy atom. The number of hydrogen-bond donors (Lipinski definition) is 3. The van der Waals surface area contributed by atoms with Gasteiger partial charge in [0.2, 0.25) is 6.79 Å². The van der Waals surface area contributed by atoms with Crippen LogP contribution in [-0.2, 0) is 9.53 Å². The standard InChI is InChI=1S/C16H14N2O6/c17-12-3-2-10(19)6-11(12)16(21)22-7-15(20)18-9-1-4-13-14(5-9)24-8-23-13/h1-6,19H,7-8,17H2,(H,18,20). The van der Waals surface area contributed by atoms with Crippen molar-refractivity contribution in [2.24, 2.45) is 0 Å². The van der Waals surface area contributed by atoms with E-state index in [1.807, 2.05) is 0 Å². The van der Waals surface area contributed by atoms with Crippen LogP contribution in [0.3, 0.4) is 0 Å². The van der Waals surface area contributed by atoms with E-state index < -0.39 is 18.5 Å². The zero-order chi connectivity index (χ0) is 17.1. The normalized spacial score (nSPS) is 11.8. The molecule has 1 heterocycles. The average molecular weight is 330 g/mol. The van der Waals surface area contributed by atoms with Crippen LogP contribution in [0.15, 0.2) is 36.4 Å². The van der Waals surface area contributed by atoms with Crippen LogP contribution in [0, 0.1) is 0 Å². The number of phenols is 1. The molecule has 0 radical (unpaired) electrons. The fourth-order valence-electron chi connectivity index (χ4n) is 2.10. The highest BCUT2D eigenvalue weighted by atomic mass is 16.7. The summed E-state index contributed by atoms with van der Waals surface area (Å²) < 4.78 is 15.3. The van der Waals surface area contributed by atoms with E-state index in [1.54, 1.807) is 18.2 Å². The average Bonchev–Trinajstić information content (AvgIpc) is 3.02. The highest BCUT2D eigenvalue weighted by Crippen LogP contribution is 2.34. The molecule has 2 aromatic carbocycles.